The van der Waals surface area contributed by atoms with Crippen molar-refractivity contribution in [3.8, 4) is 11.8 Å². The first-order chi connectivity index (χ1) is 10.8. The lowest BCUT2D eigenvalue weighted by molar-refractivity contribution is 1.30. The van der Waals surface area contributed by atoms with Crippen LogP contribution in [0.25, 0.3) is 10.8 Å². The van der Waals surface area contributed by atoms with Gasteiger partial charge in [0, 0.05) is 16.8 Å². The number of hydrogen-bond acceptors (Lipinski definition) is 1. The Balaban J connectivity index is 1.65. The normalized spacial score (nSPS) is 10.6. The molecule has 22 heavy (non-hydrogen) atoms. The van der Waals surface area contributed by atoms with Gasteiger partial charge in [0.05, 0.1) is 0 Å². The molecule has 0 aliphatic rings. The molecule has 3 aromatic carbocycles. The largest absolute Gasteiger partial charge is 0.280 e. The van der Waals surface area contributed by atoms with Gasteiger partial charge in [0.1, 0.15) is 6.54 Å². The van der Waals surface area contributed by atoms with Gasteiger partial charge in [-0.2, -0.15) is 0 Å². The topological polar surface area (TPSA) is 12.4 Å². The molecule has 0 fully saturated rings. The molecule has 1 nitrogen and oxygen atoms in total. The first-order valence-corrected chi connectivity index (χ1v) is 7.42. The molecule has 0 radical (unpaired) electrons. The lowest BCUT2D eigenvalue weighted by Crippen LogP contribution is -1.82. The van der Waals surface area contributed by atoms with Crippen molar-refractivity contribution >= 4 is 28.6 Å². The van der Waals surface area contributed by atoms with E-state index in [0.717, 1.165) is 16.1 Å². The van der Waals surface area contributed by atoms with E-state index < -0.39 is 0 Å². The van der Waals surface area contributed by atoms with E-state index in [1.807, 2.05) is 48.7 Å². The van der Waals surface area contributed by atoms with Gasteiger partial charge in [0.2, 0.25) is 0 Å². The number of aliphatic imine (C=N–C) groups is 1. The van der Waals surface area contributed by atoms with E-state index in [1.165, 1.54) is 10.8 Å². The predicted octanol–water partition coefficient (Wildman–Crippen LogP) is 4.96. The molecule has 0 aromatic heterocycles. The molecule has 0 unspecified atom stereocenters. The zero-order chi connectivity index (χ0) is 15.2. The van der Waals surface area contributed by atoms with Gasteiger partial charge in [-0.25, -0.2) is 0 Å². The third-order valence-corrected chi connectivity index (χ3v) is 3.51. The molecule has 3 rings (SSSR count). The lowest BCUT2D eigenvalue weighted by atomic mass is 10.1. The highest BCUT2D eigenvalue weighted by atomic mass is 35.5. The van der Waals surface area contributed by atoms with Gasteiger partial charge in [-0.3, -0.25) is 4.99 Å². The summed E-state index contributed by atoms with van der Waals surface area (Å²) in [5, 5.41) is 3.17. The summed E-state index contributed by atoms with van der Waals surface area (Å²) < 4.78 is 0. The standard InChI is InChI=1S/C20H14ClN/c21-20-11-8-17(9-12-20)15-22-13-3-4-16-7-10-18-5-1-2-6-19(18)14-16/h1-2,5-12,14-15H,13H2. The molecule has 0 heterocycles. The van der Waals surface area contributed by atoms with Crippen LogP contribution in [-0.4, -0.2) is 12.8 Å². The highest BCUT2D eigenvalue weighted by molar-refractivity contribution is 6.30. The molecule has 3 aromatic rings. The van der Waals surface area contributed by atoms with Crippen molar-refractivity contribution in [1.29, 1.82) is 0 Å². The van der Waals surface area contributed by atoms with E-state index in [-0.39, 0.29) is 0 Å². The summed E-state index contributed by atoms with van der Waals surface area (Å²) in [6.45, 7) is 0.482. The second-order valence-electron chi connectivity index (χ2n) is 4.89. The maximum Gasteiger partial charge on any atom is 0.100 e. The summed E-state index contributed by atoms with van der Waals surface area (Å²) in [5.74, 6) is 6.22. The SMILES string of the molecule is Clc1ccc(C=NCC#Cc2ccc3ccccc3c2)cc1. The molecule has 0 spiro atoms. The predicted molar refractivity (Wildman–Crippen MR) is 94.7 cm³/mol. The summed E-state index contributed by atoms with van der Waals surface area (Å²) in [6.07, 6.45) is 1.81. The van der Waals surface area contributed by atoms with Crippen LogP contribution in [-0.2, 0) is 0 Å². The van der Waals surface area contributed by atoms with Gasteiger partial charge in [-0.1, -0.05) is 65.9 Å². The Morgan fingerprint density at radius 1 is 0.909 bits per heavy atom. The molecule has 106 valence electrons. The highest BCUT2D eigenvalue weighted by Crippen LogP contribution is 2.14. The molecule has 0 amide bonds. The Bertz CT molecular complexity index is 867. The van der Waals surface area contributed by atoms with Gasteiger partial charge >= 0.3 is 0 Å². The van der Waals surface area contributed by atoms with Crippen LogP contribution in [0.3, 0.4) is 0 Å². The minimum atomic E-state index is 0.482. The number of fused-ring (bicyclic) bond motifs is 1. The second-order valence-corrected chi connectivity index (χ2v) is 5.32. The Hall–Kier alpha value is -2.56. The third-order valence-electron chi connectivity index (χ3n) is 3.26. The fourth-order valence-electron chi connectivity index (χ4n) is 2.15. The van der Waals surface area contributed by atoms with Crippen LogP contribution in [0.2, 0.25) is 5.02 Å². The van der Waals surface area contributed by atoms with Gasteiger partial charge in [-0.05, 0) is 40.6 Å². The summed E-state index contributed by atoms with van der Waals surface area (Å²) in [7, 11) is 0. The zero-order valence-corrected chi connectivity index (χ0v) is 12.7. The summed E-state index contributed by atoms with van der Waals surface area (Å²) in [5.41, 5.74) is 2.04. The highest BCUT2D eigenvalue weighted by Gasteiger charge is 1.92. The maximum absolute atomic E-state index is 5.84. The average Bonchev–Trinajstić information content (AvgIpc) is 2.56. The fraction of sp³-hybridized carbons (Fsp3) is 0.0500. The molecule has 0 aliphatic carbocycles. The molecule has 0 aliphatic heterocycles. The Labute approximate surface area is 135 Å². The molecular formula is C20H14ClN. The lowest BCUT2D eigenvalue weighted by Gasteiger charge is -1.97. The van der Waals surface area contributed by atoms with E-state index in [0.29, 0.717) is 6.54 Å². The maximum atomic E-state index is 5.84. The number of nitrogens with zero attached hydrogens (tertiary/aromatic N) is 1. The van der Waals surface area contributed by atoms with Crippen LogP contribution in [0.15, 0.2) is 71.7 Å². The van der Waals surface area contributed by atoms with Gasteiger partial charge in [0.15, 0.2) is 0 Å². The quantitative estimate of drug-likeness (QED) is 0.468. The van der Waals surface area contributed by atoms with Crippen LogP contribution in [0.1, 0.15) is 11.1 Å². The number of hydrogen-bond donors (Lipinski definition) is 0. The minimum Gasteiger partial charge on any atom is -0.280 e. The van der Waals surface area contributed by atoms with Crippen molar-refractivity contribution in [2.24, 2.45) is 4.99 Å². The monoisotopic (exact) mass is 303 g/mol. The summed E-state index contributed by atoms with van der Waals surface area (Å²) >= 11 is 5.84. The zero-order valence-electron chi connectivity index (χ0n) is 12.0. The average molecular weight is 304 g/mol. The number of benzene rings is 3. The van der Waals surface area contributed by atoms with E-state index in [1.54, 1.807) is 0 Å². The van der Waals surface area contributed by atoms with E-state index in [4.69, 9.17) is 11.6 Å². The van der Waals surface area contributed by atoms with Gasteiger partial charge in [-0.15, -0.1) is 0 Å². The smallest absolute Gasteiger partial charge is 0.100 e. The minimum absolute atomic E-state index is 0.482. The fourth-order valence-corrected chi connectivity index (χ4v) is 2.28. The molecule has 0 N–H and O–H groups in total. The second kappa shape index (κ2) is 6.93. The van der Waals surface area contributed by atoms with Crippen LogP contribution < -0.4 is 0 Å². The van der Waals surface area contributed by atoms with Crippen molar-refractivity contribution in [1.82, 2.24) is 0 Å². The van der Waals surface area contributed by atoms with Crippen LogP contribution >= 0.6 is 11.6 Å². The first kappa shape index (κ1) is 14.4. The van der Waals surface area contributed by atoms with Crippen molar-refractivity contribution in [3.05, 3.63) is 82.9 Å². The Morgan fingerprint density at radius 3 is 2.50 bits per heavy atom. The summed E-state index contributed by atoms with van der Waals surface area (Å²) in [4.78, 5) is 4.31. The van der Waals surface area contributed by atoms with E-state index in [9.17, 15) is 0 Å². The van der Waals surface area contributed by atoms with E-state index >= 15 is 0 Å². The number of rotatable bonds is 2. The summed E-state index contributed by atoms with van der Waals surface area (Å²) in [6, 6.07) is 22.1. The third kappa shape index (κ3) is 3.75. The van der Waals surface area contributed by atoms with Crippen LogP contribution in [0, 0.1) is 11.8 Å². The molecular weight excluding hydrogens is 290 g/mol. The number of halogens is 1. The molecule has 0 atom stereocenters. The van der Waals surface area contributed by atoms with Gasteiger partial charge < -0.3 is 0 Å². The molecule has 2 heteroatoms. The van der Waals surface area contributed by atoms with Gasteiger partial charge in [0.25, 0.3) is 0 Å². The van der Waals surface area contributed by atoms with Crippen molar-refractivity contribution in [2.45, 2.75) is 0 Å². The van der Waals surface area contributed by atoms with Crippen molar-refractivity contribution in [3.63, 3.8) is 0 Å². The van der Waals surface area contributed by atoms with Crippen LogP contribution in [0.4, 0.5) is 0 Å². The molecule has 0 saturated heterocycles. The Morgan fingerprint density at radius 2 is 1.68 bits per heavy atom. The molecule has 0 bridgehead atoms. The van der Waals surface area contributed by atoms with Crippen molar-refractivity contribution in [2.75, 3.05) is 6.54 Å². The first-order valence-electron chi connectivity index (χ1n) is 7.04. The van der Waals surface area contributed by atoms with E-state index in [2.05, 4.69) is 41.1 Å². The van der Waals surface area contributed by atoms with Crippen molar-refractivity contribution < 1.29 is 0 Å². The molecule has 0 saturated carbocycles. The van der Waals surface area contributed by atoms with Crippen LogP contribution in [0.5, 0.6) is 0 Å². The Kier molecular flexibility index (Phi) is 4.53.